The summed E-state index contributed by atoms with van der Waals surface area (Å²) in [4.78, 5) is 10.1. The smallest absolute Gasteiger partial charge is 0.340 e. The minimum absolute atomic E-state index is 0.305. The van der Waals surface area contributed by atoms with Crippen molar-refractivity contribution in [3.63, 3.8) is 0 Å². The molecule has 1 saturated carbocycles. The highest BCUT2D eigenvalue weighted by Crippen LogP contribution is 2.26. The van der Waals surface area contributed by atoms with Gasteiger partial charge in [0.05, 0.1) is 0 Å². The molecule has 1 aliphatic rings. The lowest BCUT2D eigenvalue weighted by Crippen LogP contribution is -2.08. The molecule has 1 rings (SSSR count). The molecule has 1 nitrogen and oxygen atoms in total. The van der Waals surface area contributed by atoms with E-state index in [0.717, 1.165) is 4.05 Å². The average Bonchev–Trinajstić information content (AvgIpc) is 1.91. The maximum atomic E-state index is 10.1. The summed E-state index contributed by atoms with van der Waals surface area (Å²) in [6, 6.07) is 0. The zero-order valence-electron chi connectivity index (χ0n) is 5.81. The minimum Gasteiger partial charge on any atom is -0.340 e. The normalized spacial score (nSPS) is 20.9. The standard InChI is InChI=1S/C6H11.CHO.Mg/c1-2-4-6-5-3-1;1-2;/h1H,2-6H2;1H;. The predicted molar refractivity (Wildman–Crippen MR) is 39.3 cm³/mol. The Kier molecular flexibility index (Phi) is 3.59. The van der Waals surface area contributed by atoms with Gasteiger partial charge in [-0.1, -0.05) is 32.1 Å². The van der Waals surface area contributed by atoms with Gasteiger partial charge < -0.3 is 4.79 Å². The fraction of sp³-hybridized carbons (Fsp3) is 0.857. The highest BCUT2D eigenvalue weighted by atomic mass is 24.5. The Balaban J connectivity index is 2.15. The monoisotopic (exact) mass is 136 g/mol. The largest absolute Gasteiger partial charge is 0.465 e. The molecule has 0 heterocycles. The Labute approximate surface area is 65.9 Å². The summed E-state index contributed by atoms with van der Waals surface area (Å²) in [5, 5.41) is 0. The van der Waals surface area contributed by atoms with Crippen LogP contribution in [-0.4, -0.2) is 24.8 Å². The first-order chi connectivity index (χ1) is 4.43. The predicted octanol–water partition coefficient (Wildman–Crippen LogP) is 1.63. The third-order valence-electron chi connectivity index (χ3n) is 2.15. The van der Waals surface area contributed by atoms with Crippen molar-refractivity contribution >= 4 is 24.8 Å². The van der Waals surface area contributed by atoms with Crippen molar-refractivity contribution < 1.29 is 4.79 Å². The van der Waals surface area contributed by atoms with Crippen molar-refractivity contribution in [1.29, 1.82) is 0 Å². The van der Waals surface area contributed by atoms with E-state index in [2.05, 4.69) is 0 Å². The van der Waals surface area contributed by atoms with Gasteiger partial charge in [-0.3, -0.25) is 0 Å². The molecule has 0 radical (unpaired) electrons. The maximum Gasteiger partial charge on any atom is 0.465 e. The van der Waals surface area contributed by atoms with Crippen LogP contribution in [0.25, 0.3) is 0 Å². The molecular formula is C7H12MgO. The van der Waals surface area contributed by atoms with Gasteiger partial charge in [-0.15, -0.1) is 4.05 Å². The van der Waals surface area contributed by atoms with Gasteiger partial charge in [0.2, 0.25) is 0 Å². The van der Waals surface area contributed by atoms with Gasteiger partial charge in [-0.05, 0) is 4.42 Å². The van der Waals surface area contributed by atoms with Crippen molar-refractivity contribution in [1.82, 2.24) is 0 Å². The number of hydrogen-bond donors (Lipinski definition) is 0. The van der Waals surface area contributed by atoms with Gasteiger partial charge >= 0.3 is 20.4 Å². The molecule has 48 valence electrons. The number of rotatable bonds is 2. The van der Waals surface area contributed by atoms with E-state index in [9.17, 15) is 4.79 Å². The average molecular weight is 136 g/mol. The third-order valence-corrected chi connectivity index (χ3v) is 3.83. The summed E-state index contributed by atoms with van der Waals surface area (Å²) in [6.07, 6.45) is 6.87. The summed E-state index contributed by atoms with van der Waals surface area (Å²) >= 11 is -0.305. The summed E-state index contributed by atoms with van der Waals surface area (Å²) in [6.45, 7) is 0. The lowest BCUT2D eigenvalue weighted by molar-refractivity contribution is 0.500. The maximum absolute atomic E-state index is 10.1. The first-order valence-corrected chi connectivity index (χ1v) is 5.50. The fourth-order valence-electron chi connectivity index (χ4n) is 1.56. The van der Waals surface area contributed by atoms with E-state index in [4.69, 9.17) is 0 Å². The Morgan fingerprint density at radius 2 is 1.89 bits per heavy atom. The second-order valence-electron chi connectivity index (χ2n) is 2.91. The van der Waals surface area contributed by atoms with Gasteiger partial charge in [-0.2, -0.15) is 0 Å². The Morgan fingerprint density at radius 3 is 2.44 bits per heavy atom. The summed E-state index contributed by atoms with van der Waals surface area (Å²) in [7, 11) is 0. The van der Waals surface area contributed by atoms with E-state index >= 15 is 0 Å². The van der Waals surface area contributed by atoms with E-state index in [1.54, 1.807) is 0 Å². The Morgan fingerprint density at radius 1 is 1.22 bits per heavy atom. The quantitative estimate of drug-likeness (QED) is 0.417. The lowest BCUT2D eigenvalue weighted by Gasteiger charge is -2.18. The van der Waals surface area contributed by atoms with E-state index < -0.39 is 0 Å². The van der Waals surface area contributed by atoms with Gasteiger partial charge in [-0.25, -0.2) is 0 Å². The van der Waals surface area contributed by atoms with Gasteiger partial charge in [0.15, 0.2) is 0 Å². The van der Waals surface area contributed by atoms with E-state index in [1.807, 2.05) is 0 Å². The molecular weight excluding hydrogens is 124 g/mol. The van der Waals surface area contributed by atoms with E-state index in [-0.39, 0.29) is 20.4 Å². The van der Waals surface area contributed by atoms with Crippen molar-refractivity contribution in [3.05, 3.63) is 0 Å². The number of carbonyl (C=O) groups excluding carboxylic acids is 1. The van der Waals surface area contributed by atoms with Crippen LogP contribution < -0.4 is 0 Å². The molecule has 0 atom stereocenters. The number of hydrogen-bond acceptors (Lipinski definition) is 1. The van der Waals surface area contributed by atoms with E-state index in [1.165, 1.54) is 36.5 Å². The first-order valence-electron chi connectivity index (χ1n) is 3.87. The van der Waals surface area contributed by atoms with Crippen LogP contribution in [0.4, 0.5) is 0 Å². The lowest BCUT2D eigenvalue weighted by atomic mass is 10.00. The highest BCUT2D eigenvalue weighted by Gasteiger charge is 2.14. The SMILES string of the molecule is O=[CH][Mg][CH]1CCCCC1. The summed E-state index contributed by atoms with van der Waals surface area (Å²) in [5.41, 5.74) is 0. The third kappa shape index (κ3) is 2.67. The van der Waals surface area contributed by atoms with Crippen molar-refractivity contribution in [2.24, 2.45) is 0 Å². The summed E-state index contributed by atoms with van der Waals surface area (Å²) in [5.74, 6) is 0. The van der Waals surface area contributed by atoms with Crippen LogP contribution in [0.5, 0.6) is 0 Å². The van der Waals surface area contributed by atoms with Crippen LogP contribution in [0.3, 0.4) is 0 Å². The second-order valence-corrected chi connectivity index (χ2v) is 4.87. The van der Waals surface area contributed by atoms with Crippen molar-refractivity contribution in [2.45, 2.75) is 36.2 Å². The van der Waals surface area contributed by atoms with Crippen LogP contribution in [-0.2, 0) is 4.79 Å². The molecule has 0 N–H and O–H groups in total. The molecule has 0 saturated heterocycles. The van der Waals surface area contributed by atoms with Crippen molar-refractivity contribution in [3.8, 4) is 0 Å². The molecule has 0 bridgehead atoms. The zero-order valence-corrected chi connectivity index (χ0v) is 7.22. The number of carbonyl (C=O) groups is 1. The molecule has 0 unspecified atom stereocenters. The zero-order chi connectivity index (χ0) is 6.53. The van der Waals surface area contributed by atoms with Crippen LogP contribution in [0.15, 0.2) is 0 Å². The molecule has 0 amide bonds. The first kappa shape index (κ1) is 7.54. The van der Waals surface area contributed by atoms with Crippen LogP contribution in [0, 0.1) is 0 Å². The van der Waals surface area contributed by atoms with Crippen molar-refractivity contribution in [2.75, 3.05) is 0 Å². The molecule has 2 heteroatoms. The van der Waals surface area contributed by atoms with Gasteiger partial charge in [0.1, 0.15) is 0 Å². The molecule has 0 aliphatic heterocycles. The Bertz CT molecular complexity index is 86.9. The van der Waals surface area contributed by atoms with E-state index in [0.29, 0.717) is 0 Å². The molecule has 0 aromatic carbocycles. The summed E-state index contributed by atoms with van der Waals surface area (Å²) < 4.78 is 2.08. The highest BCUT2D eigenvalue weighted by molar-refractivity contribution is 6.67. The second kappa shape index (κ2) is 4.28. The van der Waals surface area contributed by atoms with Gasteiger partial charge in [0.25, 0.3) is 0 Å². The van der Waals surface area contributed by atoms with Crippen LogP contribution in [0.1, 0.15) is 32.1 Å². The molecule has 9 heavy (non-hydrogen) atoms. The van der Waals surface area contributed by atoms with Crippen LogP contribution in [0.2, 0.25) is 4.05 Å². The van der Waals surface area contributed by atoms with Gasteiger partial charge in [0, 0.05) is 0 Å². The Hall–Kier alpha value is 0.436. The molecule has 0 aromatic heterocycles. The molecule has 1 fully saturated rings. The fourth-order valence-corrected chi connectivity index (χ4v) is 2.88. The van der Waals surface area contributed by atoms with Crippen LogP contribution >= 0.6 is 0 Å². The molecule has 1 aliphatic carbocycles. The molecule has 0 aromatic rings. The topological polar surface area (TPSA) is 17.1 Å². The molecule has 0 spiro atoms. The minimum atomic E-state index is -0.305.